The monoisotopic (exact) mass is 284 g/mol. The molecule has 2 heteroatoms. The Labute approximate surface area is 127 Å². The van der Waals surface area contributed by atoms with Crippen LogP contribution in [0.3, 0.4) is 0 Å². The molecule has 3 rings (SSSR count). The quantitative estimate of drug-likeness (QED) is 0.667. The van der Waals surface area contributed by atoms with Gasteiger partial charge in [-0.3, -0.25) is 0 Å². The number of fused-ring (bicyclic) bond motifs is 2. The van der Waals surface area contributed by atoms with Gasteiger partial charge in [-0.25, -0.2) is 0 Å². The summed E-state index contributed by atoms with van der Waals surface area (Å²) in [6.45, 7) is 5.70. The lowest BCUT2D eigenvalue weighted by Crippen LogP contribution is -2.12. The van der Waals surface area contributed by atoms with Crippen LogP contribution in [0.4, 0.5) is 0 Å². The normalized spacial score (nSPS) is 18.2. The van der Waals surface area contributed by atoms with Crippen molar-refractivity contribution in [2.45, 2.75) is 52.4 Å². The number of benzene rings is 1. The first-order valence-corrected chi connectivity index (χ1v) is 8.01. The van der Waals surface area contributed by atoms with Gasteiger partial charge in [-0.2, -0.15) is 0 Å². The van der Waals surface area contributed by atoms with E-state index in [1.54, 1.807) is 0 Å². The van der Waals surface area contributed by atoms with Gasteiger partial charge in [0.15, 0.2) is 0 Å². The van der Waals surface area contributed by atoms with Crippen LogP contribution in [0.5, 0.6) is 5.75 Å². The van der Waals surface area contributed by atoms with E-state index in [0.717, 1.165) is 50.9 Å². The zero-order valence-electron chi connectivity index (χ0n) is 13.1. The van der Waals surface area contributed by atoms with Crippen LogP contribution in [0.15, 0.2) is 6.07 Å². The molecule has 1 aromatic carbocycles. The highest BCUT2D eigenvalue weighted by Crippen LogP contribution is 2.42. The summed E-state index contributed by atoms with van der Waals surface area (Å²) in [4.78, 5) is 0. The average Bonchev–Trinajstić information content (AvgIpc) is 2.76. The summed E-state index contributed by atoms with van der Waals surface area (Å²) in [5.41, 5.74) is 5.74. The first-order valence-electron chi connectivity index (χ1n) is 8.01. The van der Waals surface area contributed by atoms with Crippen LogP contribution >= 0.6 is 0 Å². The van der Waals surface area contributed by atoms with Gasteiger partial charge in [0.05, 0.1) is 6.61 Å². The third kappa shape index (κ3) is 2.94. The van der Waals surface area contributed by atoms with E-state index < -0.39 is 0 Å². The van der Waals surface area contributed by atoms with E-state index in [-0.39, 0.29) is 6.61 Å². The molecule has 1 aliphatic heterocycles. The van der Waals surface area contributed by atoms with Crippen molar-refractivity contribution in [2.75, 3.05) is 13.2 Å². The molecule has 0 saturated heterocycles. The van der Waals surface area contributed by atoms with E-state index in [1.165, 1.54) is 22.3 Å². The minimum atomic E-state index is 0.218. The minimum absolute atomic E-state index is 0.218. The molecule has 2 aliphatic rings. The molecule has 0 radical (unpaired) electrons. The largest absolute Gasteiger partial charge is 0.493 e. The van der Waals surface area contributed by atoms with Gasteiger partial charge in [-0.1, -0.05) is 25.7 Å². The second-order valence-electron chi connectivity index (χ2n) is 6.96. The molecule has 112 valence electrons. The minimum Gasteiger partial charge on any atom is -0.493 e. The Balaban J connectivity index is 2.03. The first-order chi connectivity index (χ1) is 10.1. The highest BCUT2D eigenvalue weighted by atomic mass is 16.5. The molecular weight excluding hydrogens is 260 g/mol. The first kappa shape index (κ1) is 14.5. The summed E-state index contributed by atoms with van der Waals surface area (Å²) in [6, 6.07) is 2.26. The molecule has 0 unspecified atom stereocenters. The van der Waals surface area contributed by atoms with Crippen molar-refractivity contribution in [2.24, 2.45) is 5.41 Å². The maximum absolute atomic E-state index is 8.89. The number of hydrogen-bond acceptors (Lipinski definition) is 2. The Bertz CT molecular complexity index is 602. The average molecular weight is 284 g/mol. The number of rotatable bonds is 2. The summed E-state index contributed by atoms with van der Waals surface area (Å²) in [6.07, 6.45) is 5.91. The lowest BCUT2D eigenvalue weighted by molar-refractivity contribution is 0.287. The maximum atomic E-state index is 8.89. The van der Waals surface area contributed by atoms with E-state index in [0.29, 0.717) is 5.41 Å². The fourth-order valence-electron chi connectivity index (χ4n) is 3.49. The molecule has 0 saturated carbocycles. The molecule has 0 fully saturated rings. The SMILES string of the molecule is CC1(C)Cc2cc3c(c(C#CCCCO)c2C1)CCCO3. The van der Waals surface area contributed by atoms with Crippen molar-refractivity contribution in [3.05, 3.63) is 28.3 Å². The van der Waals surface area contributed by atoms with Crippen LogP contribution in [0.2, 0.25) is 0 Å². The van der Waals surface area contributed by atoms with Gasteiger partial charge in [0, 0.05) is 24.2 Å². The highest BCUT2D eigenvalue weighted by Gasteiger charge is 2.32. The summed E-state index contributed by atoms with van der Waals surface area (Å²) in [5.74, 6) is 7.71. The van der Waals surface area contributed by atoms with Crippen LogP contribution < -0.4 is 4.74 Å². The summed E-state index contributed by atoms with van der Waals surface area (Å²) < 4.78 is 5.88. The molecule has 1 aliphatic carbocycles. The molecule has 2 nitrogen and oxygen atoms in total. The molecule has 1 N–H and O–H groups in total. The predicted molar refractivity (Wildman–Crippen MR) is 84.6 cm³/mol. The zero-order valence-corrected chi connectivity index (χ0v) is 13.1. The van der Waals surface area contributed by atoms with Gasteiger partial charge >= 0.3 is 0 Å². The second-order valence-corrected chi connectivity index (χ2v) is 6.96. The Morgan fingerprint density at radius 2 is 2.14 bits per heavy atom. The molecule has 21 heavy (non-hydrogen) atoms. The van der Waals surface area contributed by atoms with Crippen molar-refractivity contribution in [1.29, 1.82) is 0 Å². The summed E-state index contributed by atoms with van der Waals surface area (Å²) in [5, 5.41) is 8.89. The fourth-order valence-corrected chi connectivity index (χ4v) is 3.49. The summed E-state index contributed by atoms with van der Waals surface area (Å²) >= 11 is 0. The fraction of sp³-hybridized carbons (Fsp3) is 0.579. The van der Waals surface area contributed by atoms with Crippen LogP contribution in [0.1, 0.15) is 55.4 Å². The van der Waals surface area contributed by atoms with Crippen molar-refractivity contribution in [3.8, 4) is 17.6 Å². The van der Waals surface area contributed by atoms with E-state index in [2.05, 4.69) is 31.8 Å². The topological polar surface area (TPSA) is 29.5 Å². The van der Waals surface area contributed by atoms with E-state index in [1.807, 2.05) is 0 Å². The number of ether oxygens (including phenoxy) is 1. The Hall–Kier alpha value is -1.46. The Morgan fingerprint density at radius 3 is 2.95 bits per heavy atom. The lowest BCUT2D eigenvalue weighted by Gasteiger charge is -2.21. The smallest absolute Gasteiger partial charge is 0.124 e. The van der Waals surface area contributed by atoms with Gasteiger partial charge in [0.2, 0.25) is 0 Å². The molecule has 0 amide bonds. The van der Waals surface area contributed by atoms with Gasteiger partial charge in [0.25, 0.3) is 0 Å². The third-order valence-corrected chi connectivity index (χ3v) is 4.42. The maximum Gasteiger partial charge on any atom is 0.124 e. The van der Waals surface area contributed by atoms with Crippen molar-refractivity contribution < 1.29 is 9.84 Å². The molecule has 0 bridgehead atoms. The van der Waals surface area contributed by atoms with Crippen molar-refractivity contribution >= 4 is 0 Å². The van der Waals surface area contributed by atoms with E-state index >= 15 is 0 Å². The van der Waals surface area contributed by atoms with Gasteiger partial charge in [-0.15, -0.1) is 0 Å². The second kappa shape index (κ2) is 5.73. The van der Waals surface area contributed by atoms with Gasteiger partial charge in [-0.05, 0) is 54.7 Å². The van der Waals surface area contributed by atoms with Gasteiger partial charge < -0.3 is 9.84 Å². The van der Waals surface area contributed by atoms with E-state index in [4.69, 9.17) is 9.84 Å². The zero-order chi connectivity index (χ0) is 14.9. The molecular formula is C19H24O2. The summed E-state index contributed by atoms with van der Waals surface area (Å²) in [7, 11) is 0. The van der Waals surface area contributed by atoms with Crippen LogP contribution in [0.25, 0.3) is 0 Å². The van der Waals surface area contributed by atoms with Crippen LogP contribution in [-0.2, 0) is 19.3 Å². The third-order valence-electron chi connectivity index (χ3n) is 4.42. The predicted octanol–water partition coefficient (Wildman–Crippen LogP) is 3.26. The molecule has 0 spiro atoms. The number of aliphatic hydroxyl groups excluding tert-OH is 1. The van der Waals surface area contributed by atoms with E-state index in [9.17, 15) is 0 Å². The number of aliphatic hydroxyl groups is 1. The van der Waals surface area contributed by atoms with Crippen LogP contribution in [0, 0.1) is 17.3 Å². The molecule has 0 atom stereocenters. The van der Waals surface area contributed by atoms with Gasteiger partial charge in [0.1, 0.15) is 5.75 Å². The van der Waals surface area contributed by atoms with Crippen molar-refractivity contribution in [1.82, 2.24) is 0 Å². The standard InChI is InChI=1S/C19H24O2/c1-19(2)12-14-11-18-16(8-6-10-21-18)15(17(14)13-19)7-4-3-5-9-20/h11,20H,3,5-6,8-10,12-13H2,1-2H3. The lowest BCUT2D eigenvalue weighted by atomic mass is 9.89. The number of unbranched alkanes of at least 4 members (excludes halogenated alkanes) is 1. The molecule has 1 aromatic rings. The van der Waals surface area contributed by atoms with Crippen molar-refractivity contribution in [3.63, 3.8) is 0 Å². The highest BCUT2D eigenvalue weighted by molar-refractivity contribution is 5.59. The molecule has 1 heterocycles. The molecule has 0 aromatic heterocycles. The number of hydrogen-bond donors (Lipinski definition) is 1. The Kier molecular flexibility index (Phi) is 3.95. The van der Waals surface area contributed by atoms with Crippen LogP contribution in [-0.4, -0.2) is 18.3 Å². The Morgan fingerprint density at radius 1 is 1.29 bits per heavy atom.